The van der Waals surface area contributed by atoms with Crippen molar-refractivity contribution in [2.24, 2.45) is 0 Å². The number of fused-ring (bicyclic) bond motifs is 1. The first-order chi connectivity index (χ1) is 16.5. The number of nitrogens with one attached hydrogen (secondary N) is 1. The number of likely N-dealkylation sites (N-methyl/N-ethyl adjacent to an activating group) is 1. The zero-order chi connectivity index (χ0) is 23.7. The molecule has 2 aliphatic heterocycles. The van der Waals surface area contributed by atoms with Gasteiger partial charge in [0.1, 0.15) is 5.69 Å². The van der Waals surface area contributed by atoms with Crippen LogP contribution in [0.25, 0.3) is 10.9 Å². The first-order valence-corrected chi connectivity index (χ1v) is 12.9. The number of likely N-dealkylation sites (tertiary alicyclic amines) is 1. The fourth-order valence-corrected chi connectivity index (χ4v) is 6.03. The van der Waals surface area contributed by atoms with Gasteiger partial charge in [-0.2, -0.15) is 0 Å². The van der Waals surface area contributed by atoms with Gasteiger partial charge in [0.25, 0.3) is 5.91 Å². The van der Waals surface area contributed by atoms with E-state index in [2.05, 4.69) is 72.1 Å². The molecule has 34 heavy (non-hydrogen) atoms. The van der Waals surface area contributed by atoms with E-state index in [0.717, 1.165) is 63.4 Å². The maximum absolute atomic E-state index is 13.7. The summed E-state index contributed by atoms with van der Waals surface area (Å²) in [4.78, 5) is 24.1. The Labute approximate surface area is 203 Å². The molecule has 0 radical (unpaired) electrons. The molecule has 1 amide bonds. The number of hydrogen-bond acceptors (Lipinski definition) is 3. The molecule has 0 spiro atoms. The molecule has 0 saturated carbocycles. The van der Waals surface area contributed by atoms with Crippen molar-refractivity contribution >= 4 is 16.8 Å². The van der Waals surface area contributed by atoms with Gasteiger partial charge in [-0.25, -0.2) is 0 Å². The van der Waals surface area contributed by atoms with E-state index in [1.165, 1.54) is 34.9 Å². The van der Waals surface area contributed by atoms with Gasteiger partial charge in [0.2, 0.25) is 0 Å². The summed E-state index contributed by atoms with van der Waals surface area (Å²) in [7, 11) is 2.14. The van der Waals surface area contributed by atoms with E-state index in [-0.39, 0.29) is 5.91 Å². The van der Waals surface area contributed by atoms with E-state index in [0.29, 0.717) is 5.92 Å². The average molecular weight is 459 g/mol. The Hall–Kier alpha value is -2.63. The second-order valence-electron chi connectivity index (χ2n) is 10.3. The van der Waals surface area contributed by atoms with Gasteiger partial charge in [0.15, 0.2) is 0 Å². The highest BCUT2D eigenvalue weighted by Crippen LogP contribution is 2.34. The third-order valence-electron chi connectivity index (χ3n) is 7.95. The van der Waals surface area contributed by atoms with Crippen LogP contribution in [0, 0.1) is 13.8 Å². The summed E-state index contributed by atoms with van der Waals surface area (Å²) in [5.41, 5.74) is 7.43. The summed E-state index contributed by atoms with van der Waals surface area (Å²) in [6.07, 6.45) is 3.38. The lowest BCUT2D eigenvalue weighted by molar-refractivity contribution is 0.0755. The lowest BCUT2D eigenvalue weighted by atomic mass is 9.84. The molecule has 2 aliphatic rings. The highest BCUT2D eigenvalue weighted by atomic mass is 16.2. The van der Waals surface area contributed by atoms with Crippen LogP contribution in [0.2, 0.25) is 0 Å². The normalized spacial score (nSPS) is 19.0. The van der Waals surface area contributed by atoms with Crippen LogP contribution in [0.15, 0.2) is 42.5 Å². The van der Waals surface area contributed by atoms with Gasteiger partial charge in [-0.05, 0) is 88.5 Å². The number of aryl methyl sites for hydroxylation is 2. The number of hydrogen-bond donors (Lipinski definition) is 1. The van der Waals surface area contributed by atoms with E-state index in [9.17, 15) is 4.79 Å². The Morgan fingerprint density at radius 1 is 0.912 bits per heavy atom. The maximum Gasteiger partial charge on any atom is 0.270 e. The molecule has 5 rings (SSSR count). The molecular formula is C29H38N4O. The SMILES string of the molecule is Cc1cccc(C)c1C1CCN(Cc2c(C(=O)N3CCCN(C)CC3)[nH]c3ccccc23)CC1. The van der Waals surface area contributed by atoms with Gasteiger partial charge < -0.3 is 14.8 Å². The Morgan fingerprint density at radius 3 is 2.41 bits per heavy atom. The van der Waals surface area contributed by atoms with Crippen molar-refractivity contribution in [1.29, 1.82) is 0 Å². The molecule has 0 bridgehead atoms. The molecule has 3 heterocycles. The third-order valence-corrected chi connectivity index (χ3v) is 7.95. The highest BCUT2D eigenvalue weighted by Gasteiger charge is 2.28. The molecule has 5 heteroatoms. The zero-order valence-corrected chi connectivity index (χ0v) is 20.9. The predicted octanol–water partition coefficient (Wildman–Crippen LogP) is 4.94. The lowest BCUT2D eigenvalue weighted by Crippen LogP contribution is -2.36. The van der Waals surface area contributed by atoms with E-state index in [1.807, 2.05) is 11.0 Å². The van der Waals surface area contributed by atoms with E-state index < -0.39 is 0 Å². The van der Waals surface area contributed by atoms with Gasteiger partial charge in [-0.1, -0.05) is 36.4 Å². The minimum atomic E-state index is 0.159. The molecule has 2 aromatic carbocycles. The molecular weight excluding hydrogens is 420 g/mol. The number of rotatable bonds is 4. The number of nitrogens with zero attached hydrogens (tertiary/aromatic N) is 3. The molecule has 5 nitrogen and oxygen atoms in total. The lowest BCUT2D eigenvalue weighted by Gasteiger charge is -2.33. The van der Waals surface area contributed by atoms with Gasteiger partial charge in [-0.15, -0.1) is 0 Å². The standard InChI is InChI=1S/C29H38N4O/c1-21-8-6-9-22(2)27(21)23-12-16-32(17-13-23)20-25-24-10-4-5-11-26(24)30-28(25)29(34)33-15-7-14-31(3)18-19-33/h4-6,8-11,23,30H,7,12-20H2,1-3H3. The molecule has 2 fully saturated rings. The van der Waals surface area contributed by atoms with Crippen LogP contribution in [-0.2, 0) is 6.54 Å². The second-order valence-corrected chi connectivity index (χ2v) is 10.3. The summed E-state index contributed by atoms with van der Waals surface area (Å²) in [6, 6.07) is 15.1. The molecule has 180 valence electrons. The zero-order valence-electron chi connectivity index (χ0n) is 20.9. The fraction of sp³-hybridized carbons (Fsp3) is 0.483. The number of aromatic nitrogens is 1. The molecule has 0 aliphatic carbocycles. The molecule has 0 atom stereocenters. The number of para-hydroxylation sites is 1. The largest absolute Gasteiger partial charge is 0.350 e. The summed E-state index contributed by atoms with van der Waals surface area (Å²) in [6.45, 7) is 11.1. The summed E-state index contributed by atoms with van der Waals surface area (Å²) in [5, 5.41) is 1.19. The molecule has 1 N–H and O–H groups in total. The van der Waals surface area contributed by atoms with Crippen LogP contribution in [-0.4, -0.2) is 71.9 Å². The Balaban J connectivity index is 1.35. The Kier molecular flexibility index (Phi) is 6.75. The van der Waals surface area contributed by atoms with Crippen LogP contribution in [0.5, 0.6) is 0 Å². The number of H-pyrrole nitrogens is 1. The van der Waals surface area contributed by atoms with Crippen molar-refractivity contribution < 1.29 is 4.79 Å². The Bertz CT molecular complexity index is 1140. The fourth-order valence-electron chi connectivity index (χ4n) is 6.03. The van der Waals surface area contributed by atoms with Gasteiger partial charge in [0.05, 0.1) is 0 Å². The van der Waals surface area contributed by atoms with Crippen LogP contribution in [0.4, 0.5) is 0 Å². The summed E-state index contributed by atoms with van der Waals surface area (Å²) >= 11 is 0. The van der Waals surface area contributed by atoms with E-state index >= 15 is 0 Å². The quantitative estimate of drug-likeness (QED) is 0.602. The van der Waals surface area contributed by atoms with E-state index in [1.54, 1.807) is 5.56 Å². The number of piperidine rings is 1. The van der Waals surface area contributed by atoms with Crippen molar-refractivity contribution in [3.05, 3.63) is 70.4 Å². The number of amides is 1. The van der Waals surface area contributed by atoms with Crippen molar-refractivity contribution in [2.75, 3.05) is 46.3 Å². The van der Waals surface area contributed by atoms with Crippen LogP contribution >= 0.6 is 0 Å². The average Bonchev–Trinajstić information content (AvgIpc) is 3.05. The number of carbonyl (C=O) groups excluding carboxylic acids is 1. The molecule has 3 aromatic rings. The molecule has 1 aromatic heterocycles. The highest BCUT2D eigenvalue weighted by molar-refractivity contribution is 6.01. The third kappa shape index (κ3) is 4.64. The van der Waals surface area contributed by atoms with Crippen LogP contribution in [0.1, 0.15) is 57.9 Å². The minimum Gasteiger partial charge on any atom is -0.350 e. The first kappa shape index (κ1) is 23.1. The van der Waals surface area contributed by atoms with Crippen LogP contribution < -0.4 is 0 Å². The van der Waals surface area contributed by atoms with Crippen molar-refractivity contribution in [2.45, 2.75) is 45.6 Å². The predicted molar refractivity (Wildman–Crippen MR) is 139 cm³/mol. The van der Waals surface area contributed by atoms with Crippen molar-refractivity contribution in [3.63, 3.8) is 0 Å². The monoisotopic (exact) mass is 458 g/mol. The van der Waals surface area contributed by atoms with Gasteiger partial charge in [-0.3, -0.25) is 9.69 Å². The topological polar surface area (TPSA) is 42.6 Å². The number of benzene rings is 2. The Morgan fingerprint density at radius 2 is 1.65 bits per heavy atom. The van der Waals surface area contributed by atoms with Gasteiger partial charge in [0, 0.05) is 42.6 Å². The summed E-state index contributed by atoms with van der Waals surface area (Å²) in [5.74, 6) is 0.794. The van der Waals surface area contributed by atoms with Crippen molar-refractivity contribution in [1.82, 2.24) is 19.7 Å². The maximum atomic E-state index is 13.7. The smallest absolute Gasteiger partial charge is 0.270 e. The van der Waals surface area contributed by atoms with Gasteiger partial charge >= 0.3 is 0 Å². The van der Waals surface area contributed by atoms with Crippen LogP contribution in [0.3, 0.4) is 0 Å². The molecule has 2 saturated heterocycles. The minimum absolute atomic E-state index is 0.159. The van der Waals surface area contributed by atoms with E-state index in [4.69, 9.17) is 0 Å². The second kappa shape index (κ2) is 9.93. The number of carbonyl (C=O) groups is 1. The molecule has 0 unspecified atom stereocenters. The summed E-state index contributed by atoms with van der Waals surface area (Å²) < 4.78 is 0. The first-order valence-electron chi connectivity index (χ1n) is 12.9. The van der Waals surface area contributed by atoms with Crippen molar-refractivity contribution in [3.8, 4) is 0 Å². The number of aromatic amines is 1.